The smallest absolute Gasteiger partial charge is 0.110 e. The second-order valence-corrected chi connectivity index (χ2v) is 6.22. The van der Waals surface area contributed by atoms with E-state index in [1.807, 2.05) is 11.3 Å². The van der Waals surface area contributed by atoms with Gasteiger partial charge in [-0.15, -0.1) is 11.3 Å². The van der Waals surface area contributed by atoms with Crippen molar-refractivity contribution in [3.05, 3.63) is 15.6 Å². The molecule has 1 aromatic heterocycles. The standard InChI is InChI=1S/C14H24N2S/c1-4-12-10(3)17-14(16-12)13(15-5-2)11-8-6-7-9-11/h11,13,15H,4-9H2,1-3H3. The molecule has 0 bridgehead atoms. The van der Waals surface area contributed by atoms with Crippen LogP contribution in [0.3, 0.4) is 0 Å². The van der Waals surface area contributed by atoms with Crippen molar-refractivity contribution in [2.24, 2.45) is 5.92 Å². The lowest BCUT2D eigenvalue weighted by molar-refractivity contribution is 0.373. The largest absolute Gasteiger partial charge is 0.308 e. The molecule has 2 nitrogen and oxygen atoms in total. The van der Waals surface area contributed by atoms with Gasteiger partial charge in [-0.25, -0.2) is 4.98 Å². The minimum absolute atomic E-state index is 0.506. The predicted octanol–water partition coefficient (Wildman–Crippen LogP) is 3.85. The van der Waals surface area contributed by atoms with Gasteiger partial charge in [0, 0.05) is 4.88 Å². The van der Waals surface area contributed by atoms with E-state index in [1.165, 1.54) is 41.3 Å². The molecule has 0 spiro atoms. The molecule has 2 rings (SSSR count). The summed E-state index contributed by atoms with van der Waals surface area (Å²) in [5.74, 6) is 0.810. The molecule has 0 radical (unpaired) electrons. The molecule has 1 atom stereocenters. The molecule has 0 aliphatic heterocycles. The van der Waals surface area contributed by atoms with E-state index in [1.54, 1.807) is 0 Å². The van der Waals surface area contributed by atoms with Gasteiger partial charge in [-0.2, -0.15) is 0 Å². The topological polar surface area (TPSA) is 24.9 Å². The van der Waals surface area contributed by atoms with Gasteiger partial charge >= 0.3 is 0 Å². The Morgan fingerprint density at radius 2 is 2.06 bits per heavy atom. The van der Waals surface area contributed by atoms with Gasteiger partial charge in [0.2, 0.25) is 0 Å². The summed E-state index contributed by atoms with van der Waals surface area (Å²) in [6, 6.07) is 0.506. The zero-order valence-corrected chi connectivity index (χ0v) is 12.1. The predicted molar refractivity (Wildman–Crippen MR) is 74.6 cm³/mol. The highest BCUT2D eigenvalue weighted by Gasteiger charge is 2.28. The normalized spacial score (nSPS) is 18.8. The molecule has 1 unspecified atom stereocenters. The summed E-state index contributed by atoms with van der Waals surface area (Å²) in [4.78, 5) is 6.25. The van der Waals surface area contributed by atoms with Crippen molar-refractivity contribution in [3.63, 3.8) is 0 Å². The van der Waals surface area contributed by atoms with Crippen LogP contribution in [0.25, 0.3) is 0 Å². The molecule has 1 fully saturated rings. The molecule has 17 heavy (non-hydrogen) atoms. The highest BCUT2D eigenvalue weighted by atomic mass is 32.1. The van der Waals surface area contributed by atoms with Crippen LogP contribution < -0.4 is 5.32 Å². The van der Waals surface area contributed by atoms with Crippen LogP contribution in [0, 0.1) is 12.8 Å². The van der Waals surface area contributed by atoms with Crippen LogP contribution in [0.15, 0.2) is 0 Å². The molecule has 0 aromatic carbocycles. The molecule has 1 saturated carbocycles. The Balaban J connectivity index is 2.18. The lowest BCUT2D eigenvalue weighted by atomic mass is 9.98. The molecular formula is C14H24N2S. The van der Waals surface area contributed by atoms with Crippen LogP contribution in [0.2, 0.25) is 0 Å². The maximum absolute atomic E-state index is 4.85. The number of hydrogen-bond donors (Lipinski definition) is 1. The van der Waals surface area contributed by atoms with Crippen LogP contribution in [-0.4, -0.2) is 11.5 Å². The summed E-state index contributed by atoms with van der Waals surface area (Å²) in [5.41, 5.74) is 1.30. The lowest BCUT2D eigenvalue weighted by Crippen LogP contribution is -2.26. The number of aryl methyl sites for hydroxylation is 2. The third-order valence-corrected chi connectivity index (χ3v) is 4.90. The molecule has 96 valence electrons. The quantitative estimate of drug-likeness (QED) is 0.861. The highest BCUT2D eigenvalue weighted by molar-refractivity contribution is 7.11. The van der Waals surface area contributed by atoms with E-state index in [-0.39, 0.29) is 0 Å². The minimum atomic E-state index is 0.506. The van der Waals surface area contributed by atoms with Crippen LogP contribution in [0.1, 0.15) is 61.2 Å². The summed E-state index contributed by atoms with van der Waals surface area (Å²) < 4.78 is 0. The van der Waals surface area contributed by atoms with Crippen molar-refractivity contribution in [2.45, 2.75) is 58.9 Å². The molecule has 3 heteroatoms. The number of thiazole rings is 1. The van der Waals surface area contributed by atoms with Gasteiger partial charge in [-0.05, 0) is 38.6 Å². The first kappa shape index (κ1) is 13.0. The monoisotopic (exact) mass is 252 g/mol. The van der Waals surface area contributed by atoms with Gasteiger partial charge in [0.15, 0.2) is 0 Å². The van der Waals surface area contributed by atoms with E-state index in [0.29, 0.717) is 6.04 Å². The zero-order valence-electron chi connectivity index (χ0n) is 11.3. The van der Waals surface area contributed by atoms with Crippen LogP contribution in [0.5, 0.6) is 0 Å². The minimum Gasteiger partial charge on any atom is -0.308 e. The second kappa shape index (κ2) is 5.96. The van der Waals surface area contributed by atoms with Gasteiger partial charge in [-0.1, -0.05) is 26.7 Å². The fourth-order valence-electron chi connectivity index (χ4n) is 2.88. The van der Waals surface area contributed by atoms with E-state index in [9.17, 15) is 0 Å². The first-order valence-electron chi connectivity index (χ1n) is 6.95. The number of nitrogens with zero attached hydrogens (tertiary/aromatic N) is 1. The van der Waals surface area contributed by atoms with Crippen molar-refractivity contribution in [1.29, 1.82) is 0 Å². The van der Waals surface area contributed by atoms with Crippen molar-refractivity contribution in [3.8, 4) is 0 Å². The average molecular weight is 252 g/mol. The number of rotatable bonds is 5. The fraction of sp³-hybridized carbons (Fsp3) is 0.786. The molecule has 1 aliphatic rings. The molecule has 0 amide bonds. The Hall–Kier alpha value is -0.410. The summed E-state index contributed by atoms with van der Waals surface area (Å²) >= 11 is 1.90. The molecular weight excluding hydrogens is 228 g/mol. The molecule has 1 aliphatic carbocycles. The molecule has 0 saturated heterocycles. The Labute approximate surface area is 109 Å². The third-order valence-electron chi connectivity index (χ3n) is 3.81. The Kier molecular flexibility index (Phi) is 4.57. The number of aromatic nitrogens is 1. The Bertz CT molecular complexity index is 353. The molecule has 1 N–H and O–H groups in total. The van der Waals surface area contributed by atoms with Gasteiger partial charge < -0.3 is 5.32 Å². The van der Waals surface area contributed by atoms with E-state index in [2.05, 4.69) is 26.1 Å². The van der Waals surface area contributed by atoms with E-state index in [0.717, 1.165) is 18.9 Å². The summed E-state index contributed by atoms with van der Waals surface area (Å²) in [5, 5.41) is 4.98. The SMILES string of the molecule is CCNC(c1nc(CC)c(C)s1)C1CCCC1. The second-order valence-electron chi connectivity index (χ2n) is 4.99. The van der Waals surface area contributed by atoms with E-state index in [4.69, 9.17) is 4.98 Å². The van der Waals surface area contributed by atoms with E-state index >= 15 is 0 Å². The van der Waals surface area contributed by atoms with Gasteiger partial charge in [0.25, 0.3) is 0 Å². The number of nitrogens with one attached hydrogen (secondary N) is 1. The maximum atomic E-state index is 4.85. The summed E-state index contributed by atoms with van der Waals surface area (Å²) in [6.07, 6.45) is 6.61. The lowest BCUT2D eigenvalue weighted by Gasteiger charge is -2.22. The Morgan fingerprint density at radius 1 is 1.35 bits per heavy atom. The van der Waals surface area contributed by atoms with Crippen molar-refractivity contribution in [2.75, 3.05) is 6.54 Å². The Morgan fingerprint density at radius 3 is 2.59 bits per heavy atom. The van der Waals surface area contributed by atoms with Crippen molar-refractivity contribution < 1.29 is 0 Å². The van der Waals surface area contributed by atoms with Crippen LogP contribution in [0.4, 0.5) is 0 Å². The van der Waals surface area contributed by atoms with Gasteiger partial charge in [0.1, 0.15) is 5.01 Å². The zero-order chi connectivity index (χ0) is 12.3. The van der Waals surface area contributed by atoms with Crippen LogP contribution in [-0.2, 0) is 6.42 Å². The average Bonchev–Trinajstić information content (AvgIpc) is 2.95. The summed E-state index contributed by atoms with van der Waals surface area (Å²) in [7, 11) is 0. The van der Waals surface area contributed by atoms with Gasteiger partial charge in [0.05, 0.1) is 11.7 Å². The first-order chi connectivity index (χ1) is 8.26. The maximum Gasteiger partial charge on any atom is 0.110 e. The molecule has 1 heterocycles. The van der Waals surface area contributed by atoms with Crippen molar-refractivity contribution >= 4 is 11.3 Å². The third kappa shape index (κ3) is 2.89. The van der Waals surface area contributed by atoms with Gasteiger partial charge in [-0.3, -0.25) is 0 Å². The summed E-state index contributed by atoms with van der Waals surface area (Å²) in [6.45, 7) is 7.64. The molecule has 1 aromatic rings. The van der Waals surface area contributed by atoms with Crippen molar-refractivity contribution in [1.82, 2.24) is 10.3 Å². The highest BCUT2D eigenvalue weighted by Crippen LogP contribution is 2.37. The number of hydrogen-bond acceptors (Lipinski definition) is 3. The van der Waals surface area contributed by atoms with E-state index < -0.39 is 0 Å². The fourth-order valence-corrected chi connectivity index (χ4v) is 4.06. The van der Waals surface area contributed by atoms with Crippen LogP contribution >= 0.6 is 11.3 Å². The first-order valence-corrected chi connectivity index (χ1v) is 7.77.